The van der Waals surface area contributed by atoms with Crippen LogP contribution in [0.2, 0.25) is 0 Å². The summed E-state index contributed by atoms with van der Waals surface area (Å²) in [5, 5.41) is 0. The van der Waals surface area contributed by atoms with Crippen molar-refractivity contribution in [2.75, 3.05) is 31.1 Å². The summed E-state index contributed by atoms with van der Waals surface area (Å²) in [5.74, 6) is -0.367. The standard InChI is InChI=1S/C16H16N4O4/c21-10-11-1-3-12(4-2-11)19-5-7-20(8-6-19)15(23)13-9-14(22)18-16(24)17-13/h1-4,9-10H,5-8H2,(H2,17,18,22,24). The third-order valence-corrected chi connectivity index (χ3v) is 3.95. The van der Waals surface area contributed by atoms with Crippen LogP contribution in [0.3, 0.4) is 0 Å². The number of H-pyrrole nitrogens is 2. The molecule has 0 atom stereocenters. The van der Waals surface area contributed by atoms with Crippen LogP contribution in [-0.2, 0) is 0 Å². The number of amides is 1. The molecule has 24 heavy (non-hydrogen) atoms. The SMILES string of the molecule is O=Cc1ccc(N2CCN(C(=O)c3cc(=O)[nH]c(=O)[nH]3)CC2)cc1. The molecular formula is C16H16N4O4. The van der Waals surface area contributed by atoms with E-state index in [0.29, 0.717) is 31.7 Å². The van der Waals surface area contributed by atoms with Crippen molar-refractivity contribution in [2.24, 2.45) is 0 Å². The maximum absolute atomic E-state index is 12.4. The maximum Gasteiger partial charge on any atom is 0.326 e. The Morgan fingerprint density at radius 3 is 2.25 bits per heavy atom. The van der Waals surface area contributed by atoms with Gasteiger partial charge in [0.1, 0.15) is 12.0 Å². The van der Waals surface area contributed by atoms with Gasteiger partial charge in [0.05, 0.1) is 0 Å². The van der Waals surface area contributed by atoms with Crippen LogP contribution < -0.4 is 16.1 Å². The molecule has 2 aromatic rings. The molecule has 1 aliphatic rings. The molecule has 1 aromatic carbocycles. The van der Waals surface area contributed by atoms with Crippen molar-refractivity contribution >= 4 is 17.9 Å². The molecule has 1 aromatic heterocycles. The van der Waals surface area contributed by atoms with Crippen LogP contribution in [0.4, 0.5) is 5.69 Å². The first-order chi connectivity index (χ1) is 11.6. The lowest BCUT2D eigenvalue weighted by Gasteiger charge is -2.36. The van der Waals surface area contributed by atoms with Gasteiger partial charge in [-0.2, -0.15) is 0 Å². The third-order valence-electron chi connectivity index (χ3n) is 3.95. The predicted molar refractivity (Wildman–Crippen MR) is 87.6 cm³/mol. The van der Waals surface area contributed by atoms with Gasteiger partial charge in [-0.05, 0) is 24.3 Å². The first-order valence-corrected chi connectivity index (χ1v) is 7.50. The van der Waals surface area contributed by atoms with Crippen molar-refractivity contribution < 1.29 is 9.59 Å². The maximum atomic E-state index is 12.4. The highest BCUT2D eigenvalue weighted by molar-refractivity contribution is 5.92. The summed E-state index contributed by atoms with van der Waals surface area (Å²) in [6, 6.07) is 8.33. The van der Waals surface area contributed by atoms with Gasteiger partial charge in [0.2, 0.25) is 0 Å². The highest BCUT2D eigenvalue weighted by Gasteiger charge is 2.23. The van der Waals surface area contributed by atoms with Crippen LogP contribution in [-0.4, -0.2) is 53.2 Å². The molecular weight excluding hydrogens is 312 g/mol. The van der Waals surface area contributed by atoms with Crippen LogP contribution in [0.15, 0.2) is 39.9 Å². The second kappa shape index (κ2) is 6.53. The Labute approximate surface area is 136 Å². The van der Waals surface area contributed by atoms with Crippen LogP contribution >= 0.6 is 0 Å². The number of carbonyl (C=O) groups is 2. The molecule has 0 unspecified atom stereocenters. The monoisotopic (exact) mass is 328 g/mol. The second-order valence-corrected chi connectivity index (χ2v) is 5.49. The number of aromatic nitrogens is 2. The zero-order valence-electron chi connectivity index (χ0n) is 12.8. The summed E-state index contributed by atoms with van der Waals surface area (Å²) in [6.45, 7) is 2.20. The van der Waals surface area contributed by atoms with Crippen molar-refractivity contribution in [1.82, 2.24) is 14.9 Å². The molecule has 3 rings (SSSR count). The quantitative estimate of drug-likeness (QED) is 0.762. The molecule has 2 N–H and O–H groups in total. The van der Waals surface area contributed by atoms with Crippen molar-refractivity contribution in [3.8, 4) is 0 Å². The van der Waals surface area contributed by atoms with Crippen molar-refractivity contribution in [1.29, 1.82) is 0 Å². The molecule has 124 valence electrons. The number of aromatic amines is 2. The Kier molecular flexibility index (Phi) is 4.28. The highest BCUT2D eigenvalue weighted by atomic mass is 16.2. The average Bonchev–Trinajstić information content (AvgIpc) is 2.60. The van der Waals surface area contributed by atoms with E-state index in [1.807, 2.05) is 17.1 Å². The zero-order valence-corrected chi connectivity index (χ0v) is 12.8. The molecule has 1 aliphatic heterocycles. The Morgan fingerprint density at radius 1 is 1.00 bits per heavy atom. The van der Waals surface area contributed by atoms with Crippen LogP contribution in [0.1, 0.15) is 20.8 Å². The highest BCUT2D eigenvalue weighted by Crippen LogP contribution is 2.17. The Balaban J connectivity index is 1.67. The topological polar surface area (TPSA) is 106 Å². The number of hydrogen-bond acceptors (Lipinski definition) is 5. The lowest BCUT2D eigenvalue weighted by molar-refractivity contribution is 0.0740. The Bertz CT molecular complexity index is 832. The Morgan fingerprint density at radius 2 is 1.67 bits per heavy atom. The van der Waals surface area contributed by atoms with Crippen molar-refractivity contribution in [3.05, 3.63) is 62.4 Å². The Hall–Kier alpha value is -3.16. The number of nitrogens with one attached hydrogen (secondary N) is 2. The molecule has 8 heteroatoms. The summed E-state index contributed by atoms with van der Waals surface area (Å²) in [4.78, 5) is 53.7. The molecule has 1 fully saturated rings. The lowest BCUT2D eigenvalue weighted by atomic mass is 10.2. The molecule has 0 radical (unpaired) electrons. The molecule has 8 nitrogen and oxygen atoms in total. The smallest absolute Gasteiger partial charge is 0.326 e. The van der Waals surface area contributed by atoms with Crippen LogP contribution in [0, 0.1) is 0 Å². The molecule has 0 saturated carbocycles. The van der Waals surface area contributed by atoms with Crippen molar-refractivity contribution in [3.63, 3.8) is 0 Å². The number of aldehydes is 1. The van der Waals surface area contributed by atoms with Gasteiger partial charge < -0.3 is 14.8 Å². The normalized spacial score (nSPS) is 14.5. The molecule has 1 saturated heterocycles. The summed E-state index contributed by atoms with van der Waals surface area (Å²) in [6.07, 6.45) is 0.794. The van der Waals surface area contributed by atoms with Gasteiger partial charge in [0.25, 0.3) is 11.5 Å². The molecule has 1 amide bonds. The summed E-state index contributed by atoms with van der Waals surface area (Å²) in [5.41, 5.74) is 0.298. The van der Waals surface area contributed by atoms with E-state index in [9.17, 15) is 19.2 Å². The van der Waals surface area contributed by atoms with Gasteiger partial charge in [-0.1, -0.05) is 0 Å². The number of carbonyl (C=O) groups excluding carboxylic acids is 2. The summed E-state index contributed by atoms with van der Waals surface area (Å²) < 4.78 is 0. The van der Waals surface area contributed by atoms with Gasteiger partial charge in [0.15, 0.2) is 0 Å². The number of rotatable bonds is 3. The second-order valence-electron chi connectivity index (χ2n) is 5.49. The molecule has 0 aliphatic carbocycles. The minimum absolute atomic E-state index is 0.00691. The largest absolute Gasteiger partial charge is 0.368 e. The number of hydrogen-bond donors (Lipinski definition) is 2. The predicted octanol–water partition coefficient (Wildman–Crippen LogP) is -0.162. The van der Waals surface area contributed by atoms with Crippen molar-refractivity contribution in [2.45, 2.75) is 0 Å². The lowest BCUT2D eigenvalue weighted by Crippen LogP contribution is -2.49. The van der Waals surface area contributed by atoms with Gasteiger partial charge in [-0.3, -0.25) is 19.4 Å². The number of piperazine rings is 1. The van der Waals surface area contributed by atoms with E-state index in [4.69, 9.17) is 0 Å². The number of nitrogens with zero attached hydrogens (tertiary/aromatic N) is 2. The van der Waals surface area contributed by atoms with E-state index in [2.05, 4.69) is 9.88 Å². The zero-order chi connectivity index (χ0) is 17.1. The van der Waals surface area contributed by atoms with E-state index in [1.54, 1.807) is 17.0 Å². The minimum Gasteiger partial charge on any atom is -0.368 e. The summed E-state index contributed by atoms with van der Waals surface area (Å²) in [7, 11) is 0. The van der Waals surface area contributed by atoms with E-state index in [1.165, 1.54) is 0 Å². The van der Waals surface area contributed by atoms with E-state index in [0.717, 1.165) is 18.0 Å². The van der Waals surface area contributed by atoms with Crippen LogP contribution in [0.5, 0.6) is 0 Å². The third kappa shape index (κ3) is 3.27. The van der Waals surface area contributed by atoms with E-state index >= 15 is 0 Å². The van der Waals surface area contributed by atoms with Gasteiger partial charge in [0, 0.05) is 43.5 Å². The van der Waals surface area contributed by atoms with E-state index < -0.39 is 11.2 Å². The molecule has 0 spiro atoms. The minimum atomic E-state index is -0.695. The van der Waals surface area contributed by atoms with E-state index in [-0.39, 0.29) is 11.6 Å². The van der Waals surface area contributed by atoms with Gasteiger partial charge in [-0.15, -0.1) is 0 Å². The summed E-state index contributed by atoms with van der Waals surface area (Å²) >= 11 is 0. The van der Waals surface area contributed by atoms with Gasteiger partial charge >= 0.3 is 5.69 Å². The number of benzene rings is 1. The van der Waals surface area contributed by atoms with Crippen LogP contribution in [0.25, 0.3) is 0 Å². The molecule has 2 heterocycles. The first kappa shape index (κ1) is 15.7. The fraction of sp³-hybridized carbons (Fsp3) is 0.250. The fourth-order valence-electron chi connectivity index (χ4n) is 2.69. The average molecular weight is 328 g/mol. The number of anilines is 1. The van der Waals surface area contributed by atoms with Gasteiger partial charge in [-0.25, -0.2) is 4.79 Å². The fourth-order valence-corrected chi connectivity index (χ4v) is 2.69. The first-order valence-electron chi connectivity index (χ1n) is 7.50. The molecule has 0 bridgehead atoms.